The van der Waals surface area contributed by atoms with E-state index in [1.807, 2.05) is 4.57 Å². The van der Waals surface area contributed by atoms with E-state index in [2.05, 4.69) is 15.3 Å². The van der Waals surface area contributed by atoms with E-state index in [0.29, 0.717) is 50.6 Å². The van der Waals surface area contributed by atoms with Gasteiger partial charge in [0.25, 0.3) is 5.56 Å². The summed E-state index contributed by atoms with van der Waals surface area (Å²) in [4.78, 5) is 21.7. The molecule has 32 heavy (non-hydrogen) atoms. The normalized spacial score (nSPS) is 19.3. The summed E-state index contributed by atoms with van der Waals surface area (Å²) in [5, 5.41) is 5.47. The van der Waals surface area contributed by atoms with Crippen LogP contribution < -0.4 is 10.9 Å². The van der Waals surface area contributed by atoms with Gasteiger partial charge in [-0.25, -0.2) is 13.4 Å². The van der Waals surface area contributed by atoms with Crippen LogP contribution in [0.1, 0.15) is 51.0 Å². The molecule has 1 aliphatic carbocycles. The number of hydrogen-bond acceptors (Lipinski definition) is 7. The van der Waals surface area contributed by atoms with Gasteiger partial charge in [0.2, 0.25) is 16.0 Å². The molecule has 1 saturated heterocycles. The molecule has 174 valence electrons. The Balaban J connectivity index is 1.43. The Kier molecular flexibility index (Phi) is 7.22. The molecule has 1 N–H and O–H groups in total. The Hall–Kier alpha value is -2.30. The first-order valence-corrected chi connectivity index (χ1v) is 12.8. The maximum absolute atomic E-state index is 12.6. The molecule has 9 nitrogen and oxygen atoms in total. The first kappa shape index (κ1) is 22.9. The van der Waals surface area contributed by atoms with Crippen molar-refractivity contribution in [2.24, 2.45) is 0 Å². The summed E-state index contributed by atoms with van der Waals surface area (Å²) in [6.45, 7) is 1.38. The largest absolute Gasteiger partial charge is 0.384 e. The lowest BCUT2D eigenvalue weighted by Crippen LogP contribution is -2.41. The maximum atomic E-state index is 12.6. The number of nitrogens with zero attached hydrogens (tertiary/aromatic N) is 4. The van der Waals surface area contributed by atoms with Crippen LogP contribution in [-0.4, -0.2) is 60.1 Å². The summed E-state index contributed by atoms with van der Waals surface area (Å²) >= 11 is 0. The summed E-state index contributed by atoms with van der Waals surface area (Å²) in [6, 6.07) is 3.64. The quantitative estimate of drug-likeness (QED) is 0.602. The highest BCUT2D eigenvalue weighted by Gasteiger charge is 2.27. The molecule has 0 atom stereocenters. The van der Waals surface area contributed by atoms with Gasteiger partial charge in [0, 0.05) is 61.9 Å². The standard InChI is InChI=1S/C22H31N5O4S/c1-31-14-4-5-15-32(29,30)26-12-10-18(11-13-26)24-22-23-16-17-8-9-20(28)27(21(17)25-22)19-6-2-3-7-19/h5,8-9,15-16,18-19H,2-4,6-7,10-14H2,1H3,(H,23,24,25)/b15-5+. The number of hydrogen-bond donors (Lipinski definition) is 1. The monoisotopic (exact) mass is 461 g/mol. The van der Waals surface area contributed by atoms with Gasteiger partial charge in [0.15, 0.2) is 0 Å². The van der Waals surface area contributed by atoms with Gasteiger partial charge in [0.05, 0.1) is 0 Å². The van der Waals surface area contributed by atoms with Crippen molar-refractivity contribution < 1.29 is 13.2 Å². The Morgan fingerprint density at radius 1 is 1.19 bits per heavy atom. The van der Waals surface area contributed by atoms with Crippen LogP contribution in [0.15, 0.2) is 34.6 Å². The Bertz CT molecular complexity index is 1120. The van der Waals surface area contributed by atoms with E-state index < -0.39 is 10.0 Å². The Morgan fingerprint density at radius 2 is 1.94 bits per heavy atom. The average Bonchev–Trinajstić information content (AvgIpc) is 3.31. The fraction of sp³-hybridized carbons (Fsp3) is 0.591. The zero-order valence-corrected chi connectivity index (χ0v) is 19.3. The van der Waals surface area contributed by atoms with Crippen LogP contribution in [0, 0.1) is 0 Å². The number of sulfonamides is 1. The van der Waals surface area contributed by atoms with Crippen molar-refractivity contribution in [3.05, 3.63) is 40.2 Å². The SMILES string of the molecule is COCC/C=C/S(=O)(=O)N1CCC(Nc2ncc3ccc(=O)n(C4CCCC4)c3n2)CC1. The number of nitrogens with one attached hydrogen (secondary N) is 1. The molecular weight excluding hydrogens is 430 g/mol. The van der Waals surface area contributed by atoms with Crippen LogP contribution in [0.25, 0.3) is 11.0 Å². The van der Waals surface area contributed by atoms with Gasteiger partial charge in [-0.1, -0.05) is 18.9 Å². The second-order valence-electron chi connectivity index (χ2n) is 8.47. The molecular formula is C22H31N5O4S. The second-order valence-corrected chi connectivity index (χ2v) is 10.3. The highest BCUT2D eigenvalue weighted by atomic mass is 32.2. The van der Waals surface area contributed by atoms with E-state index in [0.717, 1.165) is 31.1 Å². The number of rotatable bonds is 8. The van der Waals surface area contributed by atoms with Gasteiger partial charge in [-0.15, -0.1) is 0 Å². The molecule has 2 aliphatic rings. The first-order valence-electron chi connectivity index (χ1n) is 11.3. The number of fused-ring (bicyclic) bond motifs is 1. The van der Waals surface area contributed by atoms with E-state index in [9.17, 15) is 13.2 Å². The third kappa shape index (κ3) is 5.19. The first-order chi connectivity index (χ1) is 15.5. The lowest BCUT2D eigenvalue weighted by molar-refractivity contribution is 0.204. The maximum Gasteiger partial charge on any atom is 0.252 e. The second kappa shape index (κ2) is 10.1. The van der Waals surface area contributed by atoms with Crippen LogP contribution in [0.3, 0.4) is 0 Å². The van der Waals surface area contributed by atoms with Crippen molar-refractivity contribution >= 4 is 27.0 Å². The van der Waals surface area contributed by atoms with Gasteiger partial charge < -0.3 is 10.1 Å². The summed E-state index contributed by atoms with van der Waals surface area (Å²) in [5.41, 5.74) is 0.647. The van der Waals surface area contributed by atoms with Crippen LogP contribution in [-0.2, 0) is 14.8 Å². The van der Waals surface area contributed by atoms with Crippen molar-refractivity contribution in [1.82, 2.24) is 18.8 Å². The van der Waals surface area contributed by atoms with Crippen LogP contribution in [0.4, 0.5) is 5.95 Å². The minimum atomic E-state index is -3.41. The average molecular weight is 462 g/mol. The van der Waals surface area contributed by atoms with Gasteiger partial charge >= 0.3 is 0 Å². The fourth-order valence-electron chi connectivity index (χ4n) is 4.52. The molecule has 2 fully saturated rings. The van der Waals surface area contributed by atoms with E-state index in [-0.39, 0.29) is 17.6 Å². The zero-order valence-electron chi connectivity index (χ0n) is 18.4. The van der Waals surface area contributed by atoms with Gasteiger partial charge in [0.1, 0.15) is 5.65 Å². The molecule has 1 saturated carbocycles. The third-order valence-electron chi connectivity index (χ3n) is 6.26. The molecule has 0 amide bonds. The Labute approximate surface area is 188 Å². The minimum Gasteiger partial charge on any atom is -0.384 e. The molecule has 2 aromatic heterocycles. The Morgan fingerprint density at radius 3 is 2.66 bits per heavy atom. The van der Waals surface area contributed by atoms with Crippen LogP contribution in [0.2, 0.25) is 0 Å². The van der Waals surface area contributed by atoms with Crippen molar-refractivity contribution in [3.8, 4) is 0 Å². The van der Waals surface area contributed by atoms with Crippen LogP contribution in [0.5, 0.6) is 0 Å². The molecule has 0 aromatic carbocycles. The van der Waals surface area contributed by atoms with Crippen LogP contribution >= 0.6 is 0 Å². The summed E-state index contributed by atoms with van der Waals surface area (Å²) in [6.07, 6.45) is 9.54. The minimum absolute atomic E-state index is 0.0221. The molecule has 3 heterocycles. The predicted molar refractivity (Wildman–Crippen MR) is 124 cm³/mol. The molecule has 0 spiro atoms. The molecule has 1 aliphatic heterocycles. The highest BCUT2D eigenvalue weighted by molar-refractivity contribution is 7.92. The molecule has 0 unspecified atom stereocenters. The number of anilines is 1. The lowest BCUT2D eigenvalue weighted by atomic mass is 10.1. The summed E-state index contributed by atoms with van der Waals surface area (Å²) in [5.74, 6) is 0.482. The van der Waals surface area contributed by atoms with E-state index >= 15 is 0 Å². The predicted octanol–water partition coefficient (Wildman–Crippen LogP) is 2.66. The summed E-state index contributed by atoms with van der Waals surface area (Å²) < 4.78 is 33.2. The van der Waals surface area contributed by atoms with Gasteiger partial charge in [-0.2, -0.15) is 9.29 Å². The molecule has 0 radical (unpaired) electrons. The number of methoxy groups -OCH3 is 1. The third-order valence-corrected chi connectivity index (χ3v) is 7.88. The fourth-order valence-corrected chi connectivity index (χ4v) is 5.79. The van der Waals surface area contributed by atoms with Crippen molar-refractivity contribution in [2.75, 3.05) is 32.1 Å². The van der Waals surface area contributed by atoms with Crippen molar-refractivity contribution in [1.29, 1.82) is 0 Å². The lowest BCUT2D eigenvalue weighted by Gasteiger charge is -2.30. The molecule has 4 rings (SSSR count). The van der Waals surface area contributed by atoms with E-state index in [1.165, 1.54) is 9.71 Å². The number of piperidine rings is 1. The number of ether oxygens (including phenoxy) is 1. The number of aromatic nitrogens is 3. The summed E-state index contributed by atoms with van der Waals surface area (Å²) in [7, 11) is -1.82. The topological polar surface area (TPSA) is 106 Å². The molecule has 0 bridgehead atoms. The molecule has 10 heteroatoms. The molecule has 2 aromatic rings. The van der Waals surface area contributed by atoms with E-state index in [1.54, 1.807) is 31.5 Å². The highest BCUT2D eigenvalue weighted by Crippen LogP contribution is 2.30. The zero-order chi connectivity index (χ0) is 22.6. The number of pyridine rings is 1. The van der Waals surface area contributed by atoms with E-state index in [4.69, 9.17) is 4.74 Å². The van der Waals surface area contributed by atoms with Gasteiger partial charge in [-0.3, -0.25) is 9.36 Å². The smallest absolute Gasteiger partial charge is 0.252 e. The van der Waals surface area contributed by atoms with Crippen molar-refractivity contribution in [2.45, 2.75) is 57.0 Å². The van der Waals surface area contributed by atoms with Crippen molar-refractivity contribution in [3.63, 3.8) is 0 Å². The van der Waals surface area contributed by atoms with Gasteiger partial charge in [-0.05, 0) is 38.2 Å².